The molecule has 1 aromatic rings. The highest BCUT2D eigenvalue weighted by Crippen LogP contribution is 2.26. The summed E-state index contributed by atoms with van der Waals surface area (Å²) in [6, 6.07) is 3.95. The number of piperidine rings is 1. The third kappa shape index (κ3) is 6.43. The second-order valence-electron chi connectivity index (χ2n) is 8.39. The van der Waals surface area contributed by atoms with E-state index < -0.39 is 33.7 Å². The van der Waals surface area contributed by atoms with Gasteiger partial charge in [0.05, 0.1) is 21.5 Å². The van der Waals surface area contributed by atoms with Crippen molar-refractivity contribution in [3.05, 3.63) is 23.2 Å². The lowest BCUT2D eigenvalue weighted by Gasteiger charge is -2.34. The second kappa shape index (κ2) is 9.34. The van der Waals surface area contributed by atoms with E-state index >= 15 is 0 Å². The van der Waals surface area contributed by atoms with Crippen LogP contribution in [0.1, 0.15) is 33.6 Å². The van der Waals surface area contributed by atoms with Crippen molar-refractivity contribution in [3.63, 3.8) is 0 Å². The molecule has 1 fully saturated rings. The van der Waals surface area contributed by atoms with E-state index in [9.17, 15) is 22.8 Å². The van der Waals surface area contributed by atoms with E-state index in [4.69, 9.17) is 16.3 Å². The van der Waals surface area contributed by atoms with Crippen molar-refractivity contribution in [2.24, 2.45) is 11.3 Å². The number of esters is 1. The second-order valence-corrected chi connectivity index (χ2v) is 10.8. The minimum absolute atomic E-state index is 0.00996. The summed E-state index contributed by atoms with van der Waals surface area (Å²) in [6.07, 6.45) is 2.00. The van der Waals surface area contributed by atoms with Crippen molar-refractivity contribution in [2.75, 3.05) is 31.3 Å². The van der Waals surface area contributed by atoms with Gasteiger partial charge in [0, 0.05) is 24.8 Å². The topological polar surface area (TPSA) is 110 Å². The first-order valence-corrected chi connectivity index (χ1v) is 11.8. The molecule has 2 rings (SSSR count). The van der Waals surface area contributed by atoms with Crippen LogP contribution in [0, 0.1) is 11.3 Å². The number of nitrogens with one attached hydrogen (secondary N) is 1. The maximum atomic E-state index is 12.3. The summed E-state index contributed by atoms with van der Waals surface area (Å²) in [7, 11) is -3.46. The van der Waals surface area contributed by atoms with Crippen LogP contribution < -0.4 is 5.32 Å². The van der Waals surface area contributed by atoms with Gasteiger partial charge in [-0.05, 0) is 31.0 Å². The molecule has 8 nitrogen and oxygen atoms in total. The number of nitrogens with zero attached hydrogens (tertiary/aromatic N) is 1. The van der Waals surface area contributed by atoms with Crippen LogP contribution in [-0.2, 0) is 29.0 Å². The van der Waals surface area contributed by atoms with Gasteiger partial charge >= 0.3 is 5.97 Å². The molecular formula is C20H27ClN2O6S. The Kier molecular flexibility index (Phi) is 7.52. The molecule has 2 amide bonds. The molecule has 0 bridgehead atoms. The van der Waals surface area contributed by atoms with Gasteiger partial charge < -0.3 is 15.0 Å². The summed E-state index contributed by atoms with van der Waals surface area (Å²) in [5.74, 6) is -1.46. The van der Waals surface area contributed by atoms with Crippen LogP contribution in [0.2, 0.25) is 5.02 Å². The van der Waals surface area contributed by atoms with Gasteiger partial charge in [-0.1, -0.05) is 32.4 Å². The van der Waals surface area contributed by atoms with Gasteiger partial charge in [0.15, 0.2) is 16.4 Å². The van der Waals surface area contributed by atoms with E-state index in [1.54, 1.807) is 4.90 Å². The Balaban J connectivity index is 1.86. The van der Waals surface area contributed by atoms with E-state index in [2.05, 4.69) is 5.32 Å². The predicted octanol–water partition coefficient (Wildman–Crippen LogP) is 2.51. The van der Waals surface area contributed by atoms with Crippen LogP contribution in [0.4, 0.5) is 5.69 Å². The van der Waals surface area contributed by atoms with E-state index in [0.29, 0.717) is 25.9 Å². The number of carbonyl (C=O) groups excluding carboxylic acids is 3. The highest BCUT2D eigenvalue weighted by molar-refractivity contribution is 7.90. The first-order valence-electron chi connectivity index (χ1n) is 9.54. The number of rotatable bonds is 5. The quantitative estimate of drug-likeness (QED) is 0.679. The number of carbonyl (C=O) groups is 3. The molecule has 0 aliphatic carbocycles. The minimum Gasteiger partial charge on any atom is -0.455 e. The number of sulfone groups is 1. The molecule has 0 atom stereocenters. The summed E-state index contributed by atoms with van der Waals surface area (Å²) >= 11 is 6.00. The summed E-state index contributed by atoms with van der Waals surface area (Å²) in [5.41, 5.74) is -0.351. The summed E-state index contributed by atoms with van der Waals surface area (Å²) in [4.78, 5) is 38.4. The molecule has 30 heavy (non-hydrogen) atoms. The Hall–Kier alpha value is -2.13. The van der Waals surface area contributed by atoms with Crippen LogP contribution in [0.25, 0.3) is 0 Å². The van der Waals surface area contributed by atoms with Crippen LogP contribution >= 0.6 is 11.6 Å². The molecule has 1 aliphatic heterocycles. The molecule has 1 aromatic carbocycles. The monoisotopic (exact) mass is 458 g/mol. The van der Waals surface area contributed by atoms with Crippen molar-refractivity contribution in [2.45, 2.75) is 38.5 Å². The van der Waals surface area contributed by atoms with E-state index in [-0.39, 0.29) is 27.4 Å². The molecule has 10 heteroatoms. The van der Waals surface area contributed by atoms with Gasteiger partial charge in [-0.15, -0.1) is 0 Å². The molecule has 0 saturated carbocycles. The Morgan fingerprint density at radius 1 is 1.20 bits per heavy atom. The van der Waals surface area contributed by atoms with E-state index in [1.807, 2.05) is 20.8 Å². The molecule has 0 aromatic heterocycles. The normalized spacial score (nSPS) is 15.6. The number of anilines is 1. The Bertz CT molecular complexity index is 931. The SMILES string of the molecule is CC(C)(C)C(=O)N1CCC(C(=O)OCC(=O)Nc2cc(S(C)(=O)=O)ccc2Cl)CC1. The average molecular weight is 459 g/mol. The zero-order chi connectivity index (χ0) is 22.7. The Morgan fingerprint density at radius 3 is 2.33 bits per heavy atom. The van der Waals surface area contributed by atoms with Gasteiger partial charge in [0.2, 0.25) is 5.91 Å². The minimum atomic E-state index is -3.46. The molecule has 166 valence electrons. The number of amides is 2. The molecule has 1 N–H and O–H groups in total. The fraction of sp³-hybridized carbons (Fsp3) is 0.550. The summed E-state index contributed by atoms with van der Waals surface area (Å²) in [6.45, 7) is 5.98. The lowest BCUT2D eigenvalue weighted by atomic mass is 9.91. The van der Waals surface area contributed by atoms with E-state index in [1.165, 1.54) is 18.2 Å². The molecule has 1 heterocycles. The van der Waals surface area contributed by atoms with Crippen molar-refractivity contribution in [1.29, 1.82) is 0 Å². The maximum Gasteiger partial charge on any atom is 0.309 e. The number of halogens is 1. The van der Waals surface area contributed by atoms with Crippen molar-refractivity contribution in [3.8, 4) is 0 Å². The number of hydrogen-bond donors (Lipinski definition) is 1. The first kappa shape index (κ1) is 24.1. The highest BCUT2D eigenvalue weighted by atomic mass is 35.5. The number of hydrogen-bond acceptors (Lipinski definition) is 6. The summed E-state index contributed by atoms with van der Waals surface area (Å²) < 4.78 is 28.4. The lowest BCUT2D eigenvalue weighted by molar-refractivity contribution is -0.155. The smallest absolute Gasteiger partial charge is 0.309 e. The van der Waals surface area contributed by atoms with Gasteiger partial charge in [0.1, 0.15) is 0 Å². The zero-order valence-electron chi connectivity index (χ0n) is 17.5. The van der Waals surface area contributed by atoms with Crippen molar-refractivity contribution >= 4 is 44.9 Å². The van der Waals surface area contributed by atoms with Crippen LogP contribution in [0.3, 0.4) is 0 Å². The number of benzene rings is 1. The Morgan fingerprint density at radius 2 is 1.80 bits per heavy atom. The fourth-order valence-electron chi connectivity index (χ4n) is 3.06. The third-order valence-corrected chi connectivity index (χ3v) is 6.18. The predicted molar refractivity (Wildman–Crippen MR) is 113 cm³/mol. The summed E-state index contributed by atoms with van der Waals surface area (Å²) in [5, 5.41) is 2.62. The fourth-order valence-corrected chi connectivity index (χ4v) is 3.88. The van der Waals surface area contributed by atoms with Gasteiger partial charge in [-0.2, -0.15) is 0 Å². The number of ether oxygens (including phenoxy) is 1. The molecule has 0 spiro atoms. The van der Waals surface area contributed by atoms with Crippen molar-refractivity contribution in [1.82, 2.24) is 4.90 Å². The molecule has 1 aliphatic rings. The average Bonchev–Trinajstić information content (AvgIpc) is 2.65. The maximum absolute atomic E-state index is 12.3. The lowest BCUT2D eigenvalue weighted by Crippen LogP contribution is -2.45. The molecular weight excluding hydrogens is 432 g/mol. The highest BCUT2D eigenvalue weighted by Gasteiger charge is 2.33. The molecule has 0 unspecified atom stereocenters. The van der Waals surface area contributed by atoms with Gasteiger partial charge in [0.25, 0.3) is 5.91 Å². The first-order chi connectivity index (χ1) is 13.8. The van der Waals surface area contributed by atoms with Crippen LogP contribution in [-0.4, -0.2) is 57.1 Å². The largest absolute Gasteiger partial charge is 0.455 e. The van der Waals surface area contributed by atoms with Gasteiger partial charge in [-0.25, -0.2) is 8.42 Å². The van der Waals surface area contributed by atoms with Crippen LogP contribution in [0.15, 0.2) is 23.1 Å². The van der Waals surface area contributed by atoms with Gasteiger partial charge in [-0.3, -0.25) is 14.4 Å². The molecule has 1 saturated heterocycles. The van der Waals surface area contributed by atoms with E-state index in [0.717, 1.165) is 6.26 Å². The van der Waals surface area contributed by atoms with Crippen LogP contribution in [0.5, 0.6) is 0 Å². The standard InChI is InChI=1S/C20H27ClN2O6S/c1-20(2,3)19(26)23-9-7-13(8-10-23)18(25)29-12-17(24)22-16-11-14(30(4,27)28)5-6-15(16)21/h5-6,11,13H,7-10,12H2,1-4H3,(H,22,24). The zero-order valence-corrected chi connectivity index (χ0v) is 19.1. The third-order valence-electron chi connectivity index (χ3n) is 4.74. The molecule has 0 radical (unpaired) electrons. The Labute approximate surface area is 181 Å². The number of likely N-dealkylation sites (tertiary alicyclic amines) is 1. The van der Waals surface area contributed by atoms with Crippen molar-refractivity contribution < 1.29 is 27.5 Å².